The number of amidine groups is 2. The first-order valence-electron chi connectivity index (χ1n) is 9.21. The maximum atomic E-state index is 12.1. The summed E-state index contributed by atoms with van der Waals surface area (Å²) in [5.41, 5.74) is 0. The molecule has 2 fully saturated rings. The molecule has 31 heavy (non-hydrogen) atoms. The maximum absolute atomic E-state index is 12.1. The molecule has 2 amide bonds. The standard InChI is InChI=1S/C16H26N6O6S3/c1-9-15(3,4)29-11(21(9)25)17-27-13(23)19(7)31-20(8)14(24)28-18-12-22(26)10(2)16(5,6)30-12/h9-10H,1-8H3/q+2. The molecule has 12 nitrogen and oxygen atoms in total. The fraction of sp³-hybridized carbons (Fsp3) is 0.750. The molecule has 0 N–H and O–H groups in total. The van der Waals surface area contributed by atoms with Gasteiger partial charge in [0.1, 0.15) is 0 Å². The van der Waals surface area contributed by atoms with Crippen LogP contribution in [0.5, 0.6) is 0 Å². The lowest BCUT2D eigenvalue weighted by molar-refractivity contribution is -0.466. The van der Waals surface area contributed by atoms with Crippen LogP contribution in [0.3, 0.4) is 0 Å². The van der Waals surface area contributed by atoms with Crippen molar-refractivity contribution in [2.24, 2.45) is 10.3 Å². The molecule has 0 aromatic rings. The number of hydrogen-bond acceptors (Lipinski definition) is 11. The Labute approximate surface area is 192 Å². The second kappa shape index (κ2) is 9.32. The Balaban J connectivity index is 1.88. The number of thioether (sulfide) groups is 2. The van der Waals surface area contributed by atoms with Crippen molar-refractivity contribution in [1.29, 1.82) is 0 Å². The summed E-state index contributed by atoms with van der Waals surface area (Å²) in [7, 11) is 2.70. The topological polar surface area (TPSA) is 124 Å². The van der Waals surface area contributed by atoms with Gasteiger partial charge in [-0.2, -0.15) is 9.68 Å². The second-order valence-corrected chi connectivity index (χ2v) is 12.5. The Bertz CT molecular complexity index is 793. The van der Waals surface area contributed by atoms with E-state index < -0.39 is 12.2 Å². The largest absolute Gasteiger partial charge is 0.471 e. The van der Waals surface area contributed by atoms with Gasteiger partial charge >= 0.3 is 22.5 Å². The number of nitrogens with zero attached hydrogens (tertiary/aromatic N) is 6. The van der Waals surface area contributed by atoms with Crippen molar-refractivity contribution in [3.05, 3.63) is 9.81 Å². The van der Waals surface area contributed by atoms with Crippen LogP contribution in [-0.2, 0) is 9.68 Å². The van der Waals surface area contributed by atoms with Crippen LogP contribution >= 0.6 is 35.7 Å². The van der Waals surface area contributed by atoms with Crippen molar-refractivity contribution < 1.29 is 28.8 Å². The molecular weight excluding hydrogens is 468 g/mol. The minimum absolute atomic E-state index is 0.0428. The molecule has 0 radical (unpaired) electrons. The number of carbonyl (C=O) groups is 2. The Hall–Kier alpha value is -1.87. The number of oxime groups is 2. The van der Waals surface area contributed by atoms with E-state index in [2.05, 4.69) is 10.3 Å². The van der Waals surface area contributed by atoms with Crippen LogP contribution in [-0.4, -0.2) is 76.3 Å². The molecule has 15 heteroatoms. The third-order valence-electron chi connectivity index (χ3n) is 4.96. The number of amides is 2. The highest BCUT2D eigenvalue weighted by molar-refractivity contribution is 8.15. The summed E-state index contributed by atoms with van der Waals surface area (Å²) in [6.07, 6.45) is -1.80. The van der Waals surface area contributed by atoms with Crippen LogP contribution < -0.4 is 0 Å². The Morgan fingerprint density at radius 1 is 0.871 bits per heavy atom. The first-order chi connectivity index (χ1) is 14.2. The molecule has 0 bridgehead atoms. The van der Waals surface area contributed by atoms with Crippen molar-refractivity contribution in [2.45, 2.75) is 63.1 Å². The predicted molar refractivity (Wildman–Crippen MR) is 120 cm³/mol. The minimum atomic E-state index is -0.900. The summed E-state index contributed by atoms with van der Waals surface area (Å²) in [5.74, 6) is 0. The molecule has 2 saturated heterocycles. The van der Waals surface area contributed by atoms with Gasteiger partial charge in [-0.3, -0.25) is 0 Å². The van der Waals surface area contributed by atoms with Gasteiger partial charge in [-0.1, -0.05) is 9.81 Å². The maximum Gasteiger partial charge on any atom is 0.471 e. The van der Waals surface area contributed by atoms with E-state index >= 15 is 0 Å². The number of carbonyl (C=O) groups excluding carboxylic acids is 2. The zero-order valence-corrected chi connectivity index (χ0v) is 21.0. The fourth-order valence-electron chi connectivity index (χ4n) is 2.27. The van der Waals surface area contributed by atoms with Gasteiger partial charge in [-0.05, 0) is 74.6 Å². The quantitative estimate of drug-likeness (QED) is 0.249. The number of rotatable bonds is 4. The van der Waals surface area contributed by atoms with Crippen LogP contribution in [0.15, 0.2) is 10.3 Å². The van der Waals surface area contributed by atoms with Crippen LogP contribution in [0.1, 0.15) is 41.5 Å². The smallest absolute Gasteiger partial charge is 0.233 e. The van der Waals surface area contributed by atoms with Crippen molar-refractivity contribution in [3.63, 3.8) is 0 Å². The first kappa shape index (κ1) is 25.4. The summed E-state index contributed by atoms with van der Waals surface area (Å²) >= 11 is 3.08. The third-order valence-corrected chi connectivity index (χ3v) is 8.36. The van der Waals surface area contributed by atoms with Gasteiger partial charge < -0.3 is 0 Å². The SMILES string of the molecule is CC1[N+](=O)C(=NOC(=O)N(C)SN(C)C(=O)ON=C2SC(C)(C)C(C)[N+]2=O)SC1(C)C. The molecule has 0 saturated carbocycles. The van der Waals surface area contributed by atoms with E-state index in [1.54, 1.807) is 13.8 Å². The van der Waals surface area contributed by atoms with E-state index in [1.807, 2.05) is 27.7 Å². The van der Waals surface area contributed by atoms with Crippen LogP contribution in [0.4, 0.5) is 9.59 Å². The van der Waals surface area contributed by atoms with E-state index in [1.165, 1.54) is 37.6 Å². The molecule has 2 aliphatic heterocycles. The molecule has 0 aromatic heterocycles. The van der Waals surface area contributed by atoms with Crippen molar-refractivity contribution in [1.82, 2.24) is 8.61 Å². The zero-order chi connectivity index (χ0) is 23.7. The number of hydrogen-bond donors (Lipinski definition) is 0. The van der Waals surface area contributed by atoms with Crippen molar-refractivity contribution >= 4 is 58.2 Å². The normalized spacial score (nSPS) is 27.0. The average molecular weight is 495 g/mol. The van der Waals surface area contributed by atoms with Gasteiger partial charge in [-0.15, -0.1) is 0 Å². The van der Waals surface area contributed by atoms with Crippen LogP contribution in [0.2, 0.25) is 0 Å². The van der Waals surface area contributed by atoms with E-state index in [0.717, 1.165) is 8.61 Å². The summed E-state index contributed by atoms with van der Waals surface area (Å²) in [5, 5.41) is 7.35. The Morgan fingerprint density at radius 2 is 1.19 bits per heavy atom. The lowest BCUT2D eigenvalue weighted by atomic mass is 10.1. The number of nitroso groups, excluding NO2 is 2. The lowest BCUT2D eigenvalue weighted by Crippen LogP contribution is -2.31. The van der Waals surface area contributed by atoms with Gasteiger partial charge in [0.2, 0.25) is 0 Å². The molecular formula is C16H26N6O6S3+2. The van der Waals surface area contributed by atoms with Gasteiger partial charge in [0, 0.05) is 14.1 Å². The highest BCUT2D eigenvalue weighted by Gasteiger charge is 2.51. The molecule has 0 aromatic carbocycles. The summed E-state index contributed by atoms with van der Waals surface area (Å²) in [6, 6.07) is -0.664. The molecule has 2 aliphatic rings. The van der Waals surface area contributed by atoms with Crippen LogP contribution in [0, 0.1) is 9.81 Å². The molecule has 2 atom stereocenters. The zero-order valence-electron chi connectivity index (χ0n) is 18.5. The second-order valence-electron chi connectivity index (χ2n) is 7.95. The van der Waals surface area contributed by atoms with E-state index in [9.17, 15) is 19.4 Å². The predicted octanol–water partition coefficient (Wildman–Crippen LogP) is 3.61. The third kappa shape index (κ3) is 5.68. The summed E-state index contributed by atoms with van der Waals surface area (Å²) in [4.78, 5) is 58.0. The highest BCUT2D eigenvalue weighted by Crippen LogP contribution is 2.39. The minimum Gasteiger partial charge on any atom is -0.233 e. The fourth-order valence-corrected chi connectivity index (χ4v) is 4.95. The summed E-state index contributed by atoms with van der Waals surface area (Å²) in [6.45, 7) is 11.1. The molecule has 172 valence electrons. The highest BCUT2D eigenvalue weighted by atomic mass is 32.2. The summed E-state index contributed by atoms with van der Waals surface area (Å²) < 4.78 is 2.60. The molecule has 2 heterocycles. The van der Waals surface area contributed by atoms with Gasteiger partial charge in [-0.25, -0.2) is 18.2 Å². The Kier molecular flexibility index (Phi) is 7.63. The molecule has 2 rings (SSSR count). The van der Waals surface area contributed by atoms with Gasteiger partial charge in [0.05, 0.1) is 21.6 Å². The lowest BCUT2D eigenvalue weighted by Gasteiger charge is -2.17. The first-order valence-corrected chi connectivity index (χ1v) is 11.6. The van der Waals surface area contributed by atoms with E-state index in [0.29, 0.717) is 21.7 Å². The van der Waals surface area contributed by atoms with Crippen LogP contribution in [0.25, 0.3) is 0 Å². The average Bonchev–Trinajstić information content (AvgIpc) is 3.01. The Morgan fingerprint density at radius 3 is 1.45 bits per heavy atom. The monoisotopic (exact) mass is 494 g/mol. The van der Waals surface area contributed by atoms with E-state index in [-0.39, 0.29) is 31.9 Å². The van der Waals surface area contributed by atoms with Crippen molar-refractivity contribution in [2.75, 3.05) is 14.1 Å². The molecule has 2 unspecified atom stereocenters. The van der Waals surface area contributed by atoms with E-state index in [4.69, 9.17) is 9.68 Å². The van der Waals surface area contributed by atoms with Gasteiger partial charge in [0.25, 0.3) is 0 Å². The molecule has 0 spiro atoms. The molecule has 0 aliphatic carbocycles. The van der Waals surface area contributed by atoms with Gasteiger partial charge in [0.15, 0.2) is 22.4 Å². The van der Waals surface area contributed by atoms with Crippen molar-refractivity contribution in [3.8, 4) is 0 Å².